The number of hydrogen-bond acceptors (Lipinski definition) is 3. The van der Waals surface area contributed by atoms with Gasteiger partial charge in [0.15, 0.2) is 4.80 Å². The van der Waals surface area contributed by atoms with Crippen LogP contribution >= 0.6 is 11.3 Å². The lowest BCUT2D eigenvalue weighted by Gasteiger charge is -2.11. The van der Waals surface area contributed by atoms with Crippen molar-refractivity contribution in [2.45, 2.75) is 25.9 Å². The molecule has 0 spiro atoms. The minimum absolute atomic E-state index is 0.317. The fourth-order valence-corrected chi connectivity index (χ4v) is 3.30. The number of nitrogens with zero attached hydrogens (tertiary/aromatic N) is 4. The summed E-state index contributed by atoms with van der Waals surface area (Å²) in [6, 6.07) is 1.92. The summed E-state index contributed by atoms with van der Waals surface area (Å²) in [7, 11) is 0. The molecule has 0 bridgehead atoms. The normalized spacial score (nSPS) is 16.0. The minimum Gasteiger partial charge on any atom is -0.323 e. The highest BCUT2D eigenvalue weighted by molar-refractivity contribution is 7.09. The molecule has 128 valence electrons. The molecule has 1 saturated heterocycles. The van der Waals surface area contributed by atoms with Gasteiger partial charge in [-0.15, -0.1) is 11.3 Å². The van der Waals surface area contributed by atoms with Crippen LogP contribution in [0.15, 0.2) is 29.5 Å². The largest absolute Gasteiger partial charge is 0.433 e. The van der Waals surface area contributed by atoms with Crippen molar-refractivity contribution >= 4 is 17.4 Å². The Morgan fingerprint density at radius 2 is 2.00 bits per heavy atom. The maximum atomic E-state index is 12.6. The summed E-state index contributed by atoms with van der Waals surface area (Å²) in [6.45, 7) is 3.22. The zero-order valence-corrected chi connectivity index (χ0v) is 13.7. The van der Waals surface area contributed by atoms with E-state index in [1.165, 1.54) is 17.4 Å². The molecule has 2 aromatic heterocycles. The number of aromatic nitrogens is 2. The van der Waals surface area contributed by atoms with E-state index in [9.17, 15) is 18.0 Å². The molecule has 3 heterocycles. The van der Waals surface area contributed by atoms with Crippen LogP contribution in [0.4, 0.5) is 18.0 Å². The van der Waals surface area contributed by atoms with Crippen LogP contribution < -0.4 is 4.80 Å². The summed E-state index contributed by atoms with van der Waals surface area (Å²) in [5.74, 6) is 0. The molecule has 0 aromatic carbocycles. The average molecular weight is 356 g/mol. The molecule has 1 fully saturated rings. The lowest BCUT2D eigenvalue weighted by Crippen LogP contribution is -2.27. The fraction of sp³-hybridized carbons (Fsp3) is 0.400. The second-order valence-electron chi connectivity index (χ2n) is 5.48. The van der Waals surface area contributed by atoms with Gasteiger partial charge in [-0.05, 0) is 31.9 Å². The van der Waals surface area contributed by atoms with E-state index in [1.807, 2.05) is 6.92 Å². The Bertz CT molecular complexity index is 801. The highest BCUT2D eigenvalue weighted by Crippen LogP contribution is 2.27. The molecule has 24 heavy (non-hydrogen) atoms. The number of urea groups is 1. The Balaban J connectivity index is 1.95. The first-order chi connectivity index (χ1) is 11.3. The van der Waals surface area contributed by atoms with Crippen LogP contribution in [0.3, 0.4) is 0 Å². The molecular weight excluding hydrogens is 341 g/mol. The molecule has 0 radical (unpaired) electrons. The molecule has 0 N–H and O–H groups in total. The first kappa shape index (κ1) is 16.7. The second kappa shape index (κ2) is 6.39. The lowest BCUT2D eigenvalue weighted by molar-refractivity contribution is -0.141. The van der Waals surface area contributed by atoms with Gasteiger partial charge in [-0.3, -0.25) is 4.57 Å². The molecular formula is C15H15F3N4OS. The highest BCUT2D eigenvalue weighted by atomic mass is 32.1. The lowest BCUT2D eigenvalue weighted by atomic mass is 10.3. The zero-order valence-electron chi connectivity index (χ0n) is 12.9. The van der Waals surface area contributed by atoms with Gasteiger partial charge in [-0.1, -0.05) is 0 Å². The van der Waals surface area contributed by atoms with Crippen LogP contribution in [0.25, 0.3) is 5.69 Å². The van der Waals surface area contributed by atoms with Gasteiger partial charge in [0, 0.05) is 24.2 Å². The Labute approximate surface area is 140 Å². The van der Waals surface area contributed by atoms with E-state index < -0.39 is 11.9 Å². The zero-order chi connectivity index (χ0) is 17.3. The van der Waals surface area contributed by atoms with E-state index in [0.717, 1.165) is 30.0 Å². The molecule has 3 rings (SSSR count). The number of amides is 2. The fourth-order valence-electron chi connectivity index (χ4n) is 2.48. The molecule has 0 atom stereocenters. The minimum atomic E-state index is -4.48. The summed E-state index contributed by atoms with van der Waals surface area (Å²) >= 11 is 1.30. The van der Waals surface area contributed by atoms with E-state index in [0.29, 0.717) is 23.6 Å². The maximum absolute atomic E-state index is 12.6. The van der Waals surface area contributed by atoms with Crippen molar-refractivity contribution in [3.63, 3.8) is 0 Å². The number of carbonyl (C=O) groups excluding carboxylic acids is 1. The molecule has 5 nitrogen and oxygen atoms in total. The quantitative estimate of drug-likeness (QED) is 0.787. The van der Waals surface area contributed by atoms with E-state index in [1.54, 1.807) is 15.7 Å². The summed E-state index contributed by atoms with van der Waals surface area (Å²) in [5, 5.41) is 0. The van der Waals surface area contributed by atoms with Gasteiger partial charge in [-0.25, -0.2) is 9.78 Å². The smallest absolute Gasteiger partial charge is 0.323 e. The average Bonchev–Trinajstić information content (AvgIpc) is 3.16. The van der Waals surface area contributed by atoms with Crippen molar-refractivity contribution in [2.24, 2.45) is 4.99 Å². The first-order valence-corrected chi connectivity index (χ1v) is 8.22. The molecule has 1 aliphatic rings. The third-order valence-corrected chi connectivity index (χ3v) is 4.55. The molecule has 9 heteroatoms. The number of hydrogen-bond donors (Lipinski definition) is 0. The van der Waals surface area contributed by atoms with Crippen LogP contribution in [0, 0.1) is 6.92 Å². The number of pyridine rings is 1. The number of halogens is 3. The molecule has 2 amide bonds. The van der Waals surface area contributed by atoms with Crippen LogP contribution in [-0.2, 0) is 6.18 Å². The SMILES string of the molecule is Cc1cn(-c2ccc(C(F)(F)F)nc2)c(=NC(=O)N2CCCC2)s1. The van der Waals surface area contributed by atoms with E-state index in [4.69, 9.17) is 0 Å². The second-order valence-corrected chi connectivity index (χ2v) is 6.70. The summed E-state index contributed by atoms with van der Waals surface area (Å²) in [4.78, 5) is 22.7. The molecule has 0 unspecified atom stereocenters. The molecule has 0 saturated carbocycles. The van der Waals surface area contributed by atoms with Crippen molar-refractivity contribution in [3.8, 4) is 5.69 Å². The number of thiazole rings is 1. The molecule has 1 aliphatic heterocycles. The predicted molar refractivity (Wildman–Crippen MR) is 82.9 cm³/mol. The number of aryl methyl sites for hydroxylation is 1. The van der Waals surface area contributed by atoms with Crippen molar-refractivity contribution < 1.29 is 18.0 Å². The Morgan fingerprint density at radius 3 is 2.58 bits per heavy atom. The van der Waals surface area contributed by atoms with Gasteiger partial charge in [0.05, 0.1) is 11.9 Å². The van der Waals surface area contributed by atoms with Crippen molar-refractivity contribution in [2.75, 3.05) is 13.1 Å². The first-order valence-electron chi connectivity index (χ1n) is 7.41. The van der Waals surface area contributed by atoms with Crippen LogP contribution in [0.2, 0.25) is 0 Å². The third-order valence-electron chi connectivity index (χ3n) is 3.65. The van der Waals surface area contributed by atoms with E-state index >= 15 is 0 Å². The van der Waals surface area contributed by atoms with Gasteiger partial charge < -0.3 is 4.90 Å². The summed E-state index contributed by atoms with van der Waals surface area (Å²) in [5.41, 5.74) is -0.522. The van der Waals surface area contributed by atoms with E-state index in [-0.39, 0.29) is 6.03 Å². The Morgan fingerprint density at radius 1 is 1.29 bits per heavy atom. The van der Waals surface area contributed by atoms with Gasteiger partial charge in [-0.2, -0.15) is 18.2 Å². The third kappa shape index (κ3) is 3.50. The predicted octanol–water partition coefficient (Wildman–Crippen LogP) is 3.38. The Hall–Kier alpha value is -2.16. The topological polar surface area (TPSA) is 50.5 Å². The highest BCUT2D eigenvalue weighted by Gasteiger charge is 2.32. The van der Waals surface area contributed by atoms with Crippen molar-refractivity contribution in [3.05, 3.63) is 39.9 Å². The standard InChI is InChI=1S/C15H15F3N4OS/c1-10-9-22(11-4-5-12(19-8-11)15(16,17)18)14(24-10)20-13(23)21-6-2-3-7-21/h4-5,8-9H,2-3,6-7H2,1H3. The number of likely N-dealkylation sites (tertiary alicyclic amines) is 1. The van der Waals surface area contributed by atoms with Gasteiger partial charge in [0.1, 0.15) is 5.69 Å². The Kier molecular flexibility index (Phi) is 4.44. The van der Waals surface area contributed by atoms with Crippen LogP contribution in [-0.4, -0.2) is 33.6 Å². The number of rotatable bonds is 1. The van der Waals surface area contributed by atoms with Gasteiger partial charge in [0.2, 0.25) is 0 Å². The maximum Gasteiger partial charge on any atom is 0.433 e. The summed E-state index contributed by atoms with van der Waals surface area (Å²) < 4.78 is 39.4. The van der Waals surface area contributed by atoms with Crippen LogP contribution in [0.1, 0.15) is 23.4 Å². The van der Waals surface area contributed by atoms with Gasteiger partial charge in [0.25, 0.3) is 0 Å². The van der Waals surface area contributed by atoms with Gasteiger partial charge >= 0.3 is 12.2 Å². The number of carbonyl (C=O) groups is 1. The monoisotopic (exact) mass is 356 g/mol. The molecule has 2 aromatic rings. The van der Waals surface area contributed by atoms with E-state index in [2.05, 4.69) is 9.98 Å². The van der Waals surface area contributed by atoms with Crippen molar-refractivity contribution in [1.82, 2.24) is 14.5 Å². The summed E-state index contributed by atoms with van der Waals surface area (Å²) in [6.07, 6.45) is 0.313. The van der Waals surface area contributed by atoms with Crippen LogP contribution in [0.5, 0.6) is 0 Å². The molecule has 0 aliphatic carbocycles. The van der Waals surface area contributed by atoms with Crippen molar-refractivity contribution in [1.29, 1.82) is 0 Å². The number of alkyl halides is 3.